The van der Waals surface area contributed by atoms with Gasteiger partial charge in [0, 0.05) is 6.92 Å². The number of amides is 2. The molecule has 1 aliphatic heterocycles. The number of ether oxygens (including phenoxy) is 1. The van der Waals surface area contributed by atoms with Crippen molar-refractivity contribution >= 4 is 23.2 Å². The Labute approximate surface area is 110 Å². The maximum absolute atomic E-state index is 11.9. The van der Waals surface area contributed by atoms with Crippen LogP contribution in [0.15, 0.2) is 35.9 Å². The molecule has 0 spiro atoms. The minimum atomic E-state index is -0.815. The van der Waals surface area contributed by atoms with Gasteiger partial charge in [0.1, 0.15) is 5.70 Å². The highest BCUT2D eigenvalue weighted by molar-refractivity contribution is 6.18. The first-order valence-electron chi connectivity index (χ1n) is 5.81. The highest BCUT2D eigenvalue weighted by Gasteiger charge is 2.31. The Morgan fingerprint density at radius 1 is 1.42 bits per heavy atom. The number of carbonyl (C=O) groups excluding carboxylic acids is 2. The summed E-state index contributed by atoms with van der Waals surface area (Å²) >= 11 is 0. The molecular weight excluding hydrogens is 248 g/mol. The lowest BCUT2D eigenvalue weighted by Gasteiger charge is -2.33. The molecule has 1 N–H and O–H groups in total. The molecule has 0 aromatic heterocycles. The Hall–Kier alpha value is -2.50. The molecule has 0 bridgehead atoms. The number of nitrogens with zero attached hydrogens (tertiary/aromatic N) is 1. The summed E-state index contributed by atoms with van der Waals surface area (Å²) in [6.45, 7) is 3.04. The molecule has 6 heteroatoms. The molecule has 0 fully saturated rings. The number of carbonyl (C=O) groups is 2. The van der Waals surface area contributed by atoms with E-state index in [0.29, 0.717) is 11.4 Å². The van der Waals surface area contributed by atoms with E-state index in [9.17, 15) is 14.7 Å². The summed E-state index contributed by atoms with van der Waals surface area (Å²) in [5, 5.41) is 14.4. The van der Waals surface area contributed by atoms with E-state index in [4.69, 9.17) is 4.74 Å². The fourth-order valence-electron chi connectivity index (χ4n) is 1.89. The van der Waals surface area contributed by atoms with Crippen molar-refractivity contribution in [2.24, 2.45) is 0 Å². The van der Waals surface area contributed by atoms with E-state index in [1.807, 2.05) is 0 Å². The summed E-state index contributed by atoms with van der Waals surface area (Å²) in [7, 11) is 0. The van der Waals surface area contributed by atoms with E-state index in [2.05, 4.69) is 5.32 Å². The zero-order chi connectivity index (χ0) is 14.0. The quantitative estimate of drug-likeness (QED) is 0.623. The molecule has 100 valence electrons. The molecular formula is C13H13N2O4-. The van der Waals surface area contributed by atoms with Gasteiger partial charge in [-0.25, -0.2) is 0 Å². The summed E-state index contributed by atoms with van der Waals surface area (Å²) in [5.41, 5.74) is 0.626. The van der Waals surface area contributed by atoms with Crippen LogP contribution in [0.5, 0.6) is 0 Å². The van der Waals surface area contributed by atoms with E-state index in [1.165, 1.54) is 6.92 Å². The van der Waals surface area contributed by atoms with E-state index in [-0.39, 0.29) is 12.3 Å². The fourth-order valence-corrected chi connectivity index (χ4v) is 1.89. The van der Waals surface area contributed by atoms with Gasteiger partial charge in [-0.15, -0.1) is 0 Å². The lowest BCUT2D eigenvalue weighted by Crippen LogP contribution is -2.41. The number of benzene rings is 1. The summed E-state index contributed by atoms with van der Waals surface area (Å²) in [6.07, 6.45) is 0. The van der Waals surface area contributed by atoms with Crippen molar-refractivity contribution in [2.45, 2.75) is 13.8 Å². The molecule has 1 heterocycles. The van der Waals surface area contributed by atoms with Crippen molar-refractivity contribution < 1.29 is 19.4 Å². The van der Waals surface area contributed by atoms with Crippen molar-refractivity contribution in [3.05, 3.63) is 35.9 Å². The van der Waals surface area contributed by atoms with Crippen LogP contribution in [0.4, 0.5) is 11.4 Å². The molecule has 0 unspecified atom stereocenters. The van der Waals surface area contributed by atoms with Gasteiger partial charge in [-0.2, -0.15) is 0 Å². The third-order valence-electron chi connectivity index (χ3n) is 2.62. The first-order valence-corrected chi connectivity index (χ1v) is 5.81. The SMILES string of the molecule is CCO/C([O-])=C1/C(=O)Nc2ccccc2N1C(C)=O. The lowest BCUT2D eigenvalue weighted by atomic mass is 10.1. The average molecular weight is 261 g/mol. The molecule has 1 aliphatic rings. The summed E-state index contributed by atoms with van der Waals surface area (Å²) in [4.78, 5) is 24.8. The predicted octanol–water partition coefficient (Wildman–Crippen LogP) is 0.557. The predicted molar refractivity (Wildman–Crippen MR) is 66.9 cm³/mol. The standard InChI is InChI=1S/C13H14N2O4/c1-3-19-13(18)11-12(17)14-9-6-4-5-7-10(9)15(11)8(2)16/h4-7,18H,3H2,1-2H3,(H,14,17)/p-1/b13-11-. The zero-order valence-electron chi connectivity index (χ0n) is 10.6. The molecule has 0 saturated carbocycles. The number of anilines is 2. The Morgan fingerprint density at radius 2 is 2.11 bits per heavy atom. The molecule has 0 saturated heterocycles. The van der Waals surface area contributed by atoms with Crippen molar-refractivity contribution in [1.29, 1.82) is 0 Å². The Morgan fingerprint density at radius 3 is 2.74 bits per heavy atom. The average Bonchev–Trinajstić information content (AvgIpc) is 2.37. The normalized spacial score (nSPS) is 16.5. The first-order chi connectivity index (χ1) is 9.06. The van der Waals surface area contributed by atoms with Crippen LogP contribution < -0.4 is 15.3 Å². The number of fused-ring (bicyclic) bond motifs is 1. The second kappa shape index (κ2) is 5.01. The maximum atomic E-state index is 11.9. The van der Waals surface area contributed by atoms with Crippen LogP contribution in [0.2, 0.25) is 0 Å². The van der Waals surface area contributed by atoms with Crippen LogP contribution in [0.1, 0.15) is 13.8 Å². The third kappa shape index (κ3) is 2.24. The summed E-state index contributed by atoms with van der Waals surface area (Å²) < 4.78 is 4.82. The van der Waals surface area contributed by atoms with Gasteiger partial charge < -0.3 is 15.2 Å². The van der Waals surface area contributed by atoms with E-state index >= 15 is 0 Å². The maximum Gasteiger partial charge on any atom is 0.274 e. The Kier molecular flexibility index (Phi) is 3.41. The molecule has 1 aromatic rings. The lowest BCUT2D eigenvalue weighted by molar-refractivity contribution is -0.358. The minimum absolute atomic E-state index is 0.128. The van der Waals surface area contributed by atoms with Gasteiger partial charge in [-0.1, -0.05) is 19.1 Å². The number of hydrogen-bond acceptors (Lipinski definition) is 4. The van der Waals surface area contributed by atoms with Gasteiger partial charge in [-0.05, 0) is 18.7 Å². The van der Waals surface area contributed by atoms with Gasteiger partial charge in [0.25, 0.3) is 5.91 Å². The van der Waals surface area contributed by atoms with Crippen LogP contribution in [0.25, 0.3) is 0 Å². The first kappa shape index (κ1) is 12.9. The number of rotatable bonds is 2. The molecule has 6 nitrogen and oxygen atoms in total. The monoisotopic (exact) mass is 261 g/mol. The molecule has 2 rings (SSSR count). The van der Waals surface area contributed by atoms with Gasteiger partial charge in [0.05, 0.1) is 17.3 Å². The van der Waals surface area contributed by atoms with E-state index in [1.54, 1.807) is 31.2 Å². The van der Waals surface area contributed by atoms with Gasteiger partial charge in [0.15, 0.2) is 0 Å². The summed E-state index contributed by atoms with van der Waals surface area (Å²) in [5.74, 6) is -1.89. The molecule has 0 aliphatic carbocycles. The fraction of sp³-hybridized carbons (Fsp3) is 0.231. The van der Waals surface area contributed by atoms with E-state index in [0.717, 1.165) is 4.90 Å². The second-order valence-electron chi connectivity index (χ2n) is 3.89. The number of para-hydroxylation sites is 2. The Balaban J connectivity index is 2.60. The Bertz CT molecular complexity index is 566. The van der Waals surface area contributed by atoms with Crippen molar-refractivity contribution in [3.63, 3.8) is 0 Å². The van der Waals surface area contributed by atoms with Crippen LogP contribution in [-0.4, -0.2) is 18.4 Å². The van der Waals surface area contributed by atoms with Crippen LogP contribution in [0.3, 0.4) is 0 Å². The van der Waals surface area contributed by atoms with Crippen LogP contribution in [-0.2, 0) is 14.3 Å². The topological polar surface area (TPSA) is 81.7 Å². The minimum Gasteiger partial charge on any atom is -0.612 e. The highest BCUT2D eigenvalue weighted by atomic mass is 16.6. The molecule has 0 radical (unpaired) electrons. The number of hydrogen-bond donors (Lipinski definition) is 1. The van der Waals surface area contributed by atoms with E-state index < -0.39 is 17.8 Å². The van der Waals surface area contributed by atoms with Crippen LogP contribution in [0, 0.1) is 0 Å². The van der Waals surface area contributed by atoms with Gasteiger partial charge >= 0.3 is 0 Å². The molecule has 19 heavy (non-hydrogen) atoms. The largest absolute Gasteiger partial charge is 0.612 e. The smallest absolute Gasteiger partial charge is 0.274 e. The van der Waals surface area contributed by atoms with Gasteiger partial charge in [0.2, 0.25) is 5.91 Å². The van der Waals surface area contributed by atoms with Gasteiger partial charge in [-0.3, -0.25) is 14.5 Å². The van der Waals surface area contributed by atoms with Crippen LogP contribution >= 0.6 is 0 Å². The highest BCUT2D eigenvalue weighted by Crippen LogP contribution is 2.34. The molecule has 0 atom stereocenters. The summed E-state index contributed by atoms with van der Waals surface area (Å²) in [6, 6.07) is 6.75. The van der Waals surface area contributed by atoms with Crippen molar-refractivity contribution in [1.82, 2.24) is 0 Å². The molecule has 1 aromatic carbocycles. The van der Waals surface area contributed by atoms with Crippen molar-refractivity contribution in [3.8, 4) is 0 Å². The zero-order valence-corrected chi connectivity index (χ0v) is 10.6. The van der Waals surface area contributed by atoms with Crippen molar-refractivity contribution in [2.75, 3.05) is 16.8 Å². The third-order valence-corrected chi connectivity index (χ3v) is 2.62. The molecule has 2 amide bonds. The second-order valence-corrected chi connectivity index (χ2v) is 3.89. The number of nitrogens with one attached hydrogen (secondary N) is 1.